The molecule has 2 aromatic rings. The zero-order valence-corrected chi connectivity index (χ0v) is 22.7. The second-order valence-corrected chi connectivity index (χ2v) is 9.44. The van der Waals surface area contributed by atoms with Crippen molar-refractivity contribution in [1.29, 1.82) is 0 Å². The Kier molecular flexibility index (Phi) is 12.6. The van der Waals surface area contributed by atoms with Crippen LogP contribution >= 0.6 is 0 Å². The van der Waals surface area contributed by atoms with Crippen molar-refractivity contribution < 1.29 is 26.0 Å². The van der Waals surface area contributed by atoms with E-state index in [1.807, 2.05) is 13.8 Å². The number of carbonyl (C=O) groups excluding carboxylic acids is 3. The van der Waals surface area contributed by atoms with Crippen LogP contribution in [0, 0.1) is 17.0 Å². The summed E-state index contributed by atoms with van der Waals surface area (Å²) in [5.74, 6) is -2.92. The number of ketones is 1. The quantitative estimate of drug-likeness (QED) is 0.441. The molecule has 3 rings (SSSR count). The summed E-state index contributed by atoms with van der Waals surface area (Å²) in [6.45, 7) is 13.5. The van der Waals surface area contributed by atoms with Crippen LogP contribution in [0.2, 0.25) is 0 Å². The van der Waals surface area contributed by atoms with E-state index in [0.29, 0.717) is 17.0 Å². The Morgan fingerprint density at radius 1 is 0.946 bits per heavy atom. The Morgan fingerprint density at radius 2 is 1.49 bits per heavy atom. The van der Waals surface area contributed by atoms with Crippen LogP contribution in [-0.4, -0.2) is 23.6 Å². The molecule has 0 saturated carbocycles. The summed E-state index contributed by atoms with van der Waals surface area (Å²) in [6, 6.07) is 9.79. The van der Waals surface area contributed by atoms with E-state index in [2.05, 4.69) is 49.6 Å². The van der Waals surface area contributed by atoms with E-state index in [1.54, 1.807) is 30.3 Å². The molecule has 0 heterocycles. The molecule has 0 aliphatic heterocycles. The molecule has 5 nitrogen and oxygen atoms in total. The zero-order chi connectivity index (χ0) is 28.2. The van der Waals surface area contributed by atoms with Gasteiger partial charge in [0.15, 0.2) is 5.78 Å². The molecule has 1 aliphatic rings. The maximum atomic E-state index is 13.2. The highest BCUT2D eigenvalue weighted by Crippen LogP contribution is 2.29. The van der Waals surface area contributed by atoms with Crippen molar-refractivity contribution >= 4 is 17.6 Å². The molecule has 2 atom stereocenters. The predicted molar refractivity (Wildman–Crippen MR) is 148 cm³/mol. The highest BCUT2D eigenvalue weighted by atomic mass is 19.1. The van der Waals surface area contributed by atoms with Gasteiger partial charge < -0.3 is 10.6 Å². The standard InChI is InChI=1S/C20H20F2N2O3.C8H12.C2H6.2H2/c1-12(23-18(26)10-14-8-16(21)11-17(22)9-14)20(27)24-19(13(2)25)15-6-4-3-5-7-15;1-8(2,3)7-5-4-6-7;1-2;;/h3-9,11-12,19H,10H2,1-2H3,(H,23,26)(H,24,27);4-6H,1-3H3;1-2H3;2*1H/t12-,19?;;;;/m0..../s1. The lowest BCUT2D eigenvalue weighted by Gasteiger charge is -2.23. The van der Waals surface area contributed by atoms with E-state index in [4.69, 9.17) is 0 Å². The highest BCUT2D eigenvalue weighted by molar-refractivity contribution is 5.92. The highest BCUT2D eigenvalue weighted by Gasteiger charge is 2.23. The SMILES string of the molecule is CC.CC(=O)C(NC(=O)[C@H](C)NC(=O)Cc1cc(F)cc(F)c1)c1ccccc1.CC(C)(C)C1=CC=C1.[HH].[HH]. The zero-order valence-electron chi connectivity index (χ0n) is 22.7. The van der Waals surface area contributed by atoms with Gasteiger partial charge in [-0.1, -0.05) is 83.2 Å². The van der Waals surface area contributed by atoms with E-state index < -0.39 is 35.5 Å². The van der Waals surface area contributed by atoms with Crippen LogP contribution in [0.5, 0.6) is 0 Å². The number of halogens is 2. The third-order valence-electron chi connectivity index (χ3n) is 5.30. The van der Waals surface area contributed by atoms with Crippen molar-refractivity contribution in [3.8, 4) is 0 Å². The summed E-state index contributed by atoms with van der Waals surface area (Å²) in [4.78, 5) is 36.2. The summed E-state index contributed by atoms with van der Waals surface area (Å²) in [5, 5.41) is 5.05. The molecule has 0 spiro atoms. The molecule has 2 aromatic carbocycles. The van der Waals surface area contributed by atoms with Crippen molar-refractivity contribution in [3.63, 3.8) is 0 Å². The fraction of sp³-hybridized carbons (Fsp3) is 0.367. The number of benzene rings is 2. The number of hydrogen-bond acceptors (Lipinski definition) is 3. The first kappa shape index (κ1) is 31.4. The Morgan fingerprint density at radius 3 is 1.89 bits per heavy atom. The summed E-state index contributed by atoms with van der Waals surface area (Å²) >= 11 is 0. The van der Waals surface area contributed by atoms with Gasteiger partial charge in [-0.25, -0.2) is 8.78 Å². The minimum atomic E-state index is -0.929. The first-order chi connectivity index (χ1) is 17.4. The second-order valence-electron chi connectivity index (χ2n) is 9.44. The third-order valence-corrected chi connectivity index (χ3v) is 5.30. The average molecular weight is 517 g/mol. The van der Waals surface area contributed by atoms with E-state index >= 15 is 0 Å². The van der Waals surface area contributed by atoms with Crippen molar-refractivity contribution in [3.05, 3.63) is 95.1 Å². The van der Waals surface area contributed by atoms with Gasteiger partial charge in [-0.15, -0.1) is 0 Å². The minimum Gasteiger partial charge on any atom is -0.344 e. The molecular formula is C30H42F2N2O3. The summed E-state index contributed by atoms with van der Waals surface area (Å²) in [5.41, 5.74) is 2.61. The molecule has 1 unspecified atom stereocenters. The summed E-state index contributed by atoms with van der Waals surface area (Å²) in [7, 11) is 0. The lowest BCUT2D eigenvalue weighted by atomic mass is 9.82. The molecule has 2 amide bonds. The molecule has 0 saturated heterocycles. The molecule has 0 radical (unpaired) electrons. The van der Waals surface area contributed by atoms with Crippen molar-refractivity contribution in [2.75, 3.05) is 0 Å². The van der Waals surface area contributed by atoms with Crippen LogP contribution in [-0.2, 0) is 20.8 Å². The van der Waals surface area contributed by atoms with Crippen LogP contribution in [0.15, 0.2) is 72.3 Å². The first-order valence-corrected chi connectivity index (χ1v) is 12.4. The van der Waals surface area contributed by atoms with Gasteiger partial charge >= 0.3 is 0 Å². The molecule has 0 bridgehead atoms. The number of allylic oxidation sites excluding steroid dienone is 4. The largest absolute Gasteiger partial charge is 0.344 e. The van der Waals surface area contributed by atoms with Gasteiger partial charge in [-0.05, 0) is 48.1 Å². The van der Waals surface area contributed by atoms with Crippen LogP contribution in [0.4, 0.5) is 8.78 Å². The topological polar surface area (TPSA) is 75.3 Å². The lowest BCUT2D eigenvalue weighted by molar-refractivity contribution is -0.130. The normalized spacial score (nSPS) is 13.3. The number of carbonyl (C=O) groups is 3. The van der Waals surface area contributed by atoms with Gasteiger partial charge in [-0.2, -0.15) is 0 Å². The fourth-order valence-corrected chi connectivity index (χ4v) is 3.28. The van der Waals surface area contributed by atoms with E-state index in [-0.39, 0.29) is 20.6 Å². The molecule has 7 heteroatoms. The smallest absolute Gasteiger partial charge is 0.243 e. The second kappa shape index (κ2) is 14.8. The van der Waals surface area contributed by atoms with Crippen molar-refractivity contribution in [2.45, 2.75) is 67.0 Å². The third kappa shape index (κ3) is 10.9. The number of amides is 2. The van der Waals surface area contributed by atoms with Crippen LogP contribution in [0.25, 0.3) is 0 Å². The van der Waals surface area contributed by atoms with Gasteiger partial charge in [0.2, 0.25) is 11.8 Å². The van der Waals surface area contributed by atoms with E-state index in [9.17, 15) is 23.2 Å². The minimum absolute atomic E-state index is 0. The predicted octanol–water partition coefficient (Wildman–Crippen LogP) is 6.51. The van der Waals surface area contributed by atoms with Gasteiger partial charge in [0.05, 0.1) is 6.42 Å². The lowest BCUT2D eigenvalue weighted by Crippen LogP contribution is -2.47. The first-order valence-electron chi connectivity index (χ1n) is 12.4. The Bertz CT molecular complexity index is 1110. The van der Waals surface area contributed by atoms with Gasteiger partial charge in [0.1, 0.15) is 23.7 Å². The van der Waals surface area contributed by atoms with Gasteiger partial charge in [-0.3, -0.25) is 14.4 Å². The maximum absolute atomic E-state index is 13.2. The van der Waals surface area contributed by atoms with Gasteiger partial charge in [0, 0.05) is 8.92 Å². The van der Waals surface area contributed by atoms with Gasteiger partial charge in [0.25, 0.3) is 0 Å². The van der Waals surface area contributed by atoms with Crippen molar-refractivity contribution in [1.82, 2.24) is 10.6 Å². The summed E-state index contributed by atoms with van der Waals surface area (Å²) in [6.07, 6.45) is 6.14. The molecular weight excluding hydrogens is 474 g/mol. The number of Topliss-reactive ketones (excluding diaryl/α,β-unsaturated/α-hetero) is 1. The monoisotopic (exact) mass is 516 g/mol. The molecule has 37 heavy (non-hydrogen) atoms. The summed E-state index contributed by atoms with van der Waals surface area (Å²) < 4.78 is 26.4. The van der Waals surface area contributed by atoms with E-state index in [0.717, 1.165) is 12.1 Å². The average Bonchev–Trinajstić information content (AvgIpc) is 2.76. The number of rotatable bonds is 7. The van der Waals surface area contributed by atoms with E-state index in [1.165, 1.54) is 19.4 Å². The Labute approximate surface area is 222 Å². The number of hydrogen-bond donors (Lipinski definition) is 2. The molecule has 2 N–H and O–H groups in total. The van der Waals surface area contributed by atoms with Crippen LogP contribution in [0.1, 0.15) is 68.5 Å². The molecule has 204 valence electrons. The molecule has 1 aliphatic carbocycles. The van der Waals surface area contributed by atoms with Crippen LogP contribution in [0.3, 0.4) is 0 Å². The van der Waals surface area contributed by atoms with Crippen molar-refractivity contribution in [2.24, 2.45) is 5.41 Å². The molecule has 0 fully saturated rings. The Hall–Kier alpha value is -3.61. The fourth-order valence-electron chi connectivity index (χ4n) is 3.28. The Balaban J connectivity index is 0. The van der Waals surface area contributed by atoms with Crippen LogP contribution < -0.4 is 10.6 Å². The maximum Gasteiger partial charge on any atom is 0.243 e. The molecule has 0 aromatic heterocycles. The number of nitrogens with one attached hydrogen (secondary N) is 2.